The second-order valence-corrected chi connectivity index (χ2v) is 6.84. The number of carbonyl (C=O) groups excluding carboxylic acids is 1. The molecule has 0 aliphatic rings. The summed E-state index contributed by atoms with van der Waals surface area (Å²) in [6.07, 6.45) is 1.21. The van der Waals surface area contributed by atoms with E-state index in [1.807, 2.05) is 62.4 Å². The van der Waals surface area contributed by atoms with Crippen molar-refractivity contribution in [3.05, 3.63) is 65.5 Å². The zero-order valence-corrected chi connectivity index (χ0v) is 16.7. The molecule has 0 saturated heterocycles. The van der Waals surface area contributed by atoms with E-state index in [1.54, 1.807) is 0 Å². The Balaban J connectivity index is 2.15. The SMILES string of the molecule is CC(=O)Nc1cc(-c2cccc(C(C)N)n2)cc(Nc2cccc(C)n2)c1C=N. The molecule has 1 unspecified atom stereocenters. The number of amides is 1. The first-order valence-electron chi connectivity index (χ1n) is 9.27. The molecule has 3 rings (SSSR count). The van der Waals surface area contributed by atoms with Gasteiger partial charge in [-0.15, -0.1) is 0 Å². The van der Waals surface area contributed by atoms with Crippen LogP contribution in [0.25, 0.3) is 11.3 Å². The van der Waals surface area contributed by atoms with E-state index in [2.05, 4.69) is 20.6 Å². The highest BCUT2D eigenvalue weighted by molar-refractivity contribution is 6.02. The minimum Gasteiger partial charge on any atom is -0.340 e. The number of nitrogens with zero attached hydrogens (tertiary/aromatic N) is 2. The number of benzene rings is 1. The van der Waals surface area contributed by atoms with Crippen molar-refractivity contribution in [3.63, 3.8) is 0 Å². The lowest BCUT2D eigenvalue weighted by Crippen LogP contribution is -2.10. The van der Waals surface area contributed by atoms with Crippen LogP contribution in [-0.2, 0) is 4.79 Å². The fourth-order valence-electron chi connectivity index (χ4n) is 2.97. The van der Waals surface area contributed by atoms with Gasteiger partial charge in [-0.05, 0) is 50.2 Å². The number of anilines is 3. The van der Waals surface area contributed by atoms with Crippen LogP contribution in [0.1, 0.15) is 36.8 Å². The van der Waals surface area contributed by atoms with E-state index in [4.69, 9.17) is 11.1 Å². The third-order valence-electron chi connectivity index (χ3n) is 4.32. The van der Waals surface area contributed by atoms with Crippen LogP contribution in [0.4, 0.5) is 17.2 Å². The normalized spacial score (nSPS) is 11.6. The maximum atomic E-state index is 11.7. The van der Waals surface area contributed by atoms with Gasteiger partial charge in [-0.1, -0.05) is 12.1 Å². The summed E-state index contributed by atoms with van der Waals surface area (Å²) in [5.41, 5.74) is 10.9. The largest absolute Gasteiger partial charge is 0.340 e. The van der Waals surface area contributed by atoms with Crippen LogP contribution in [0, 0.1) is 12.3 Å². The van der Waals surface area contributed by atoms with Crippen molar-refractivity contribution in [3.8, 4) is 11.3 Å². The molecule has 0 aliphatic heterocycles. The van der Waals surface area contributed by atoms with Crippen LogP contribution in [-0.4, -0.2) is 22.1 Å². The highest BCUT2D eigenvalue weighted by Gasteiger charge is 2.14. The number of aromatic nitrogens is 2. The third kappa shape index (κ3) is 4.83. The summed E-state index contributed by atoms with van der Waals surface area (Å²) >= 11 is 0. The van der Waals surface area contributed by atoms with Gasteiger partial charge >= 0.3 is 0 Å². The Morgan fingerprint density at radius 1 is 1.14 bits per heavy atom. The summed E-state index contributed by atoms with van der Waals surface area (Å²) in [4.78, 5) is 20.8. The summed E-state index contributed by atoms with van der Waals surface area (Å²) < 4.78 is 0. The monoisotopic (exact) mass is 388 g/mol. The first-order valence-corrected chi connectivity index (χ1v) is 9.27. The lowest BCUT2D eigenvalue weighted by Gasteiger charge is -2.16. The van der Waals surface area contributed by atoms with E-state index in [1.165, 1.54) is 13.1 Å². The molecule has 0 bridgehead atoms. The van der Waals surface area contributed by atoms with Crippen molar-refractivity contribution in [2.75, 3.05) is 10.6 Å². The van der Waals surface area contributed by atoms with Gasteiger partial charge in [-0.25, -0.2) is 4.98 Å². The second kappa shape index (κ2) is 8.62. The molecule has 7 heteroatoms. The van der Waals surface area contributed by atoms with Gasteiger partial charge in [0.2, 0.25) is 5.91 Å². The number of aryl methyl sites for hydroxylation is 1. The molecule has 5 N–H and O–H groups in total. The van der Waals surface area contributed by atoms with Gasteiger partial charge in [0.1, 0.15) is 5.82 Å². The number of hydrogen-bond donors (Lipinski definition) is 4. The molecule has 1 atom stereocenters. The summed E-state index contributed by atoms with van der Waals surface area (Å²) in [5.74, 6) is 0.429. The Morgan fingerprint density at radius 2 is 1.86 bits per heavy atom. The number of hydrogen-bond acceptors (Lipinski definition) is 6. The van der Waals surface area contributed by atoms with E-state index < -0.39 is 0 Å². The van der Waals surface area contributed by atoms with Crippen LogP contribution < -0.4 is 16.4 Å². The summed E-state index contributed by atoms with van der Waals surface area (Å²) in [7, 11) is 0. The van der Waals surface area contributed by atoms with Crippen molar-refractivity contribution in [1.82, 2.24) is 9.97 Å². The lowest BCUT2D eigenvalue weighted by atomic mass is 10.0. The number of carbonyl (C=O) groups is 1. The van der Waals surface area contributed by atoms with E-state index in [0.717, 1.165) is 22.6 Å². The molecule has 148 valence electrons. The second-order valence-electron chi connectivity index (χ2n) is 6.84. The van der Waals surface area contributed by atoms with E-state index in [9.17, 15) is 4.79 Å². The third-order valence-corrected chi connectivity index (χ3v) is 4.32. The molecular weight excluding hydrogens is 364 g/mol. The molecule has 2 aromatic heterocycles. The number of pyridine rings is 2. The molecule has 7 nitrogen and oxygen atoms in total. The highest BCUT2D eigenvalue weighted by atomic mass is 16.1. The fourth-order valence-corrected chi connectivity index (χ4v) is 2.97. The van der Waals surface area contributed by atoms with Crippen LogP contribution in [0.3, 0.4) is 0 Å². The Bertz CT molecular complexity index is 1060. The van der Waals surface area contributed by atoms with E-state index in [0.29, 0.717) is 22.8 Å². The predicted octanol–water partition coefficient (Wildman–Crippen LogP) is 4.17. The summed E-state index contributed by atoms with van der Waals surface area (Å²) in [5, 5.41) is 13.9. The standard InChI is InChI=1S/C22H24N6O/c1-13-6-4-9-22(25-13)28-21-11-16(10-20(17(21)12-23)26-15(3)29)19-8-5-7-18(27-19)14(2)24/h4-12,14,23H,24H2,1-3H3,(H,25,28)(H,26,29). The molecule has 0 spiro atoms. The van der Waals surface area contributed by atoms with Gasteiger partial charge in [0.25, 0.3) is 0 Å². The van der Waals surface area contributed by atoms with Crippen LogP contribution in [0.15, 0.2) is 48.5 Å². The first-order chi connectivity index (χ1) is 13.9. The Hall–Kier alpha value is -3.58. The van der Waals surface area contributed by atoms with Gasteiger partial charge in [-0.2, -0.15) is 0 Å². The molecule has 3 aromatic rings. The molecule has 29 heavy (non-hydrogen) atoms. The average molecular weight is 388 g/mol. The molecule has 1 aromatic carbocycles. The molecular formula is C22H24N6O. The first kappa shape index (κ1) is 20.2. The maximum absolute atomic E-state index is 11.7. The van der Waals surface area contributed by atoms with Crippen molar-refractivity contribution >= 4 is 29.3 Å². The Labute approximate surface area is 169 Å². The molecule has 0 saturated carbocycles. The number of nitrogens with one attached hydrogen (secondary N) is 3. The zero-order valence-electron chi connectivity index (χ0n) is 16.7. The Kier molecular flexibility index (Phi) is 5.99. The predicted molar refractivity (Wildman–Crippen MR) is 117 cm³/mol. The summed E-state index contributed by atoms with van der Waals surface area (Å²) in [6, 6.07) is 14.8. The number of nitrogens with two attached hydrogens (primary N) is 1. The van der Waals surface area contributed by atoms with Gasteiger partial charge < -0.3 is 21.8 Å². The molecule has 1 amide bonds. The van der Waals surface area contributed by atoms with Crippen LogP contribution in [0.5, 0.6) is 0 Å². The summed E-state index contributed by atoms with van der Waals surface area (Å²) in [6.45, 7) is 5.22. The molecule has 0 aliphatic carbocycles. The molecule has 2 heterocycles. The minimum absolute atomic E-state index is 0.195. The maximum Gasteiger partial charge on any atom is 0.221 e. The van der Waals surface area contributed by atoms with E-state index >= 15 is 0 Å². The topological polar surface area (TPSA) is 117 Å². The van der Waals surface area contributed by atoms with Gasteiger partial charge in [-0.3, -0.25) is 9.78 Å². The quantitative estimate of drug-likeness (QED) is 0.473. The average Bonchev–Trinajstić information content (AvgIpc) is 2.67. The van der Waals surface area contributed by atoms with Crippen LogP contribution in [0.2, 0.25) is 0 Å². The van der Waals surface area contributed by atoms with Gasteiger partial charge in [0.05, 0.1) is 22.8 Å². The van der Waals surface area contributed by atoms with Crippen molar-refractivity contribution in [2.24, 2.45) is 5.73 Å². The van der Waals surface area contributed by atoms with Crippen molar-refractivity contribution in [2.45, 2.75) is 26.8 Å². The number of rotatable bonds is 6. The van der Waals surface area contributed by atoms with Crippen LogP contribution >= 0.6 is 0 Å². The van der Waals surface area contributed by atoms with Crippen molar-refractivity contribution < 1.29 is 4.79 Å². The fraction of sp³-hybridized carbons (Fsp3) is 0.182. The highest BCUT2D eigenvalue weighted by Crippen LogP contribution is 2.32. The van der Waals surface area contributed by atoms with Gasteiger partial charge in [0, 0.05) is 36.0 Å². The van der Waals surface area contributed by atoms with Gasteiger partial charge in [0.15, 0.2) is 0 Å². The molecule has 0 fully saturated rings. The van der Waals surface area contributed by atoms with Crippen molar-refractivity contribution in [1.29, 1.82) is 5.41 Å². The van der Waals surface area contributed by atoms with E-state index in [-0.39, 0.29) is 11.9 Å². The molecule has 0 radical (unpaired) electrons. The zero-order chi connectivity index (χ0) is 21.0. The minimum atomic E-state index is -0.220. The lowest BCUT2D eigenvalue weighted by molar-refractivity contribution is -0.114. The Morgan fingerprint density at radius 3 is 2.52 bits per heavy atom. The smallest absolute Gasteiger partial charge is 0.221 e.